The predicted octanol–water partition coefficient (Wildman–Crippen LogP) is -0.304. The fourth-order valence-corrected chi connectivity index (χ4v) is 0.640. The Balaban J connectivity index is 2.89. The molecule has 0 spiro atoms. The van der Waals surface area contributed by atoms with E-state index < -0.39 is 0 Å². The number of hydrogen-bond acceptors (Lipinski definition) is 3. The van der Waals surface area contributed by atoms with Crippen LogP contribution in [0.3, 0.4) is 0 Å². The molecule has 3 nitrogen and oxygen atoms in total. The largest absolute Gasteiger partial charge is 0.392 e. The van der Waals surface area contributed by atoms with Crippen LogP contribution in [0.15, 0.2) is 0 Å². The Morgan fingerprint density at radius 2 is 2.30 bits per heavy atom. The van der Waals surface area contributed by atoms with E-state index in [0.717, 1.165) is 25.9 Å². The second-order valence-electron chi connectivity index (χ2n) is 2.41. The maximum atomic E-state index is 9.06. The second-order valence-corrected chi connectivity index (χ2v) is 2.41. The highest BCUT2D eigenvalue weighted by Crippen LogP contribution is 1.85. The highest BCUT2D eigenvalue weighted by molar-refractivity contribution is 4.56. The van der Waals surface area contributed by atoms with Gasteiger partial charge in [0.2, 0.25) is 0 Å². The molecule has 1 atom stereocenters. The summed E-state index contributed by atoms with van der Waals surface area (Å²) >= 11 is 0. The van der Waals surface area contributed by atoms with Gasteiger partial charge in [0.25, 0.3) is 0 Å². The Hall–Kier alpha value is -0.120. The lowest BCUT2D eigenvalue weighted by molar-refractivity contribution is 0.167. The molecule has 3 heteroatoms. The molecular formula is C7H18N2O. The van der Waals surface area contributed by atoms with E-state index in [1.165, 1.54) is 0 Å². The molecule has 0 bridgehead atoms. The molecule has 0 aromatic carbocycles. The Labute approximate surface area is 62.6 Å². The molecule has 0 heterocycles. The monoisotopic (exact) mass is 146 g/mol. The SMILES string of the molecule is CC[C@H](O)CNCCCN. The second kappa shape index (κ2) is 6.99. The van der Waals surface area contributed by atoms with Crippen LogP contribution in [-0.4, -0.2) is 30.8 Å². The minimum absolute atomic E-state index is 0.197. The van der Waals surface area contributed by atoms with Gasteiger partial charge in [-0.1, -0.05) is 6.92 Å². The Morgan fingerprint density at radius 3 is 2.80 bits per heavy atom. The third-order valence-electron chi connectivity index (χ3n) is 1.41. The van der Waals surface area contributed by atoms with E-state index in [1.54, 1.807) is 0 Å². The van der Waals surface area contributed by atoms with Crippen LogP contribution < -0.4 is 11.1 Å². The van der Waals surface area contributed by atoms with Crippen molar-refractivity contribution in [2.24, 2.45) is 5.73 Å². The number of nitrogens with one attached hydrogen (secondary N) is 1. The van der Waals surface area contributed by atoms with E-state index in [-0.39, 0.29) is 6.10 Å². The molecule has 0 radical (unpaired) electrons. The van der Waals surface area contributed by atoms with Gasteiger partial charge in [-0.2, -0.15) is 0 Å². The summed E-state index contributed by atoms with van der Waals surface area (Å²) in [5.74, 6) is 0. The number of nitrogens with two attached hydrogens (primary N) is 1. The third kappa shape index (κ3) is 6.01. The van der Waals surface area contributed by atoms with Gasteiger partial charge in [-0.15, -0.1) is 0 Å². The number of aliphatic hydroxyl groups is 1. The minimum atomic E-state index is -0.197. The van der Waals surface area contributed by atoms with Gasteiger partial charge in [0, 0.05) is 6.54 Å². The first-order valence-electron chi connectivity index (χ1n) is 3.90. The summed E-state index contributed by atoms with van der Waals surface area (Å²) in [5.41, 5.74) is 5.28. The van der Waals surface area contributed by atoms with Gasteiger partial charge in [0.1, 0.15) is 0 Å². The fourth-order valence-electron chi connectivity index (χ4n) is 0.640. The number of hydrogen-bond donors (Lipinski definition) is 3. The van der Waals surface area contributed by atoms with Crippen LogP contribution in [-0.2, 0) is 0 Å². The molecule has 0 rings (SSSR count). The van der Waals surface area contributed by atoms with E-state index in [2.05, 4.69) is 5.32 Å². The minimum Gasteiger partial charge on any atom is -0.392 e. The van der Waals surface area contributed by atoms with Crippen LogP contribution in [0.5, 0.6) is 0 Å². The van der Waals surface area contributed by atoms with Crippen LogP contribution >= 0.6 is 0 Å². The summed E-state index contributed by atoms with van der Waals surface area (Å²) in [6.07, 6.45) is 1.60. The summed E-state index contributed by atoms with van der Waals surface area (Å²) < 4.78 is 0. The van der Waals surface area contributed by atoms with Crippen LogP contribution in [0.2, 0.25) is 0 Å². The van der Waals surface area contributed by atoms with Crippen molar-refractivity contribution in [3.05, 3.63) is 0 Å². The van der Waals surface area contributed by atoms with E-state index in [1.807, 2.05) is 6.92 Å². The van der Waals surface area contributed by atoms with Gasteiger partial charge in [0.05, 0.1) is 6.10 Å². The summed E-state index contributed by atoms with van der Waals surface area (Å²) in [5, 5.41) is 12.2. The lowest BCUT2D eigenvalue weighted by Gasteiger charge is -2.07. The zero-order valence-corrected chi connectivity index (χ0v) is 6.64. The maximum absolute atomic E-state index is 9.06. The van der Waals surface area contributed by atoms with Crippen molar-refractivity contribution in [1.82, 2.24) is 5.32 Å². The quantitative estimate of drug-likeness (QED) is 0.451. The van der Waals surface area contributed by atoms with Crippen LogP contribution in [0, 0.1) is 0 Å². The molecule has 0 unspecified atom stereocenters. The molecule has 0 saturated heterocycles. The van der Waals surface area contributed by atoms with Crippen molar-refractivity contribution in [3.63, 3.8) is 0 Å². The summed E-state index contributed by atoms with van der Waals surface area (Å²) in [6.45, 7) is 4.29. The molecule has 0 amide bonds. The summed E-state index contributed by atoms with van der Waals surface area (Å²) in [7, 11) is 0. The Kier molecular flexibility index (Phi) is 6.91. The average molecular weight is 146 g/mol. The fraction of sp³-hybridized carbons (Fsp3) is 1.00. The van der Waals surface area contributed by atoms with E-state index in [9.17, 15) is 0 Å². The highest BCUT2D eigenvalue weighted by Gasteiger charge is 1.97. The van der Waals surface area contributed by atoms with E-state index >= 15 is 0 Å². The van der Waals surface area contributed by atoms with Gasteiger partial charge < -0.3 is 16.2 Å². The molecule has 0 aromatic heterocycles. The molecule has 0 saturated carbocycles. The van der Waals surface area contributed by atoms with Crippen molar-refractivity contribution in [2.75, 3.05) is 19.6 Å². The Morgan fingerprint density at radius 1 is 1.60 bits per heavy atom. The molecule has 10 heavy (non-hydrogen) atoms. The zero-order valence-electron chi connectivity index (χ0n) is 6.64. The summed E-state index contributed by atoms with van der Waals surface area (Å²) in [4.78, 5) is 0. The van der Waals surface area contributed by atoms with Gasteiger partial charge >= 0.3 is 0 Å². The number of aliphatic hydroxyl groups excluding tert-OH is 1. The molecule has 0 fully saturated rings. The lowest BCUT2D eigenvalue weighted by atomic mass is 10.3. The first-order valence-corrected chi connectivity index (χ1v) is 3.90. The standard InChI is InChI=1S/C7H18N2O/c1-2-7(10)6-9-5-3-4-8/h7,9-10H,2-6,8H2,1H3/t7-/m0/s1. The molecule has 0 aromatic rings. The Bertz CT molecular complexity index is 68.6. The van der Waals surface area contributed by atoms with Crippen molar-refractivity contribution >= 4 is 0 Å². The average Bonchev–Trinajstić information content (AvgIpc) is 1.98. The third-order valence-corrected chi connectivity index (χ3v) is 1.41. The van der Waals surface area contributed by atoms with Gasteiger partial charge in [-0.25, -0.2) is 0 Å². The summed E-state index contributed by atoms with van der Waals surface area (Å²) in [6, 6.07) is 0. The van der Waals surface area contributed by atoms with E-state index in [4.69, 9.17) is 10.8 Å². The molecule has 62 valence electrons. The van der Waals surface area contributed by atoms with Crippen LogP contribution in [0.4, 0.5) is 0 Å². The van der Waals surface area contributed by atoms with Gasteiger partial charge in [-0.3, -0.25) is 0 Å². The molecule has 4 N–H and O–H groups in total. The lowest BCUT2D eigenvalue weighted by Crippen LogP contribution is -2.27. The first kappa shape index (κ1) is 9.88. The molecule has 0 aliphatic rings. The first-order chi connectivity index (χ1) is 4.81. The van der Waals surface area contributed by atoms with Crippen molar-refractivity contribution in [3.8, 4) is 0 Å². The highest BCUT2D eigenvalue weighted by atomic mass is 16.3. The maximum Gasteiger partial charge on any atom is 0.0662 e. The van der Waals surface area contributed by atoms with Crippen molar-refractivity contribution in [1.29, 1.82) is 0 Å². The molecule has 0 aliphatic heterocycles. The van der Waals surface area contributed by atoms with Crippen LogP contribution in [0.25, 0.3) is 0 Å². The predicted molar refractivity (Wildman–Crippen MR) is 42.8 cm³/mol. The van der Waals surface area contributed by atoms with Gasteiger partial charge in [0.15, 0.2) is 0 Å². The molecular weight excluding hydrogens is 128 g/mol. The normalized spacial score (nSPS) is 13.5. The van der Waals surface area contributed by atoms with E-state index in [0.29, 0.717) is 6.54 Å². The zero-order chi connectivity index (χ0) is 7.82. The molecule has 0 aliphatic carbocycles. The van der Waals surface area contributed by atoms with Gasteiger partial charge in [-0.05, 0) is 25.9 Å². The topological polar surface area (TPSA) is 58.3 Å². The van der Waals surface area contributed by atoms with Crippen LogP contribution in [0.1, 0.15) is 19.8 Å². The smallest absolute Gasteiger partial charge is 0.0662 e. The van der Waals surface area contributed by atoms with Crippen molar-refractivity contribution < 1.29 is 5.11 Å². The van der Waals surface area contributed by atoms with Crippen molar-refractivity contribution in [2.45, 2.75) is 25.9 Å². The number of rotatable bonds is 6.